The third-order valence-corrected chi connectivity index (χ3v) is 4.39. The van der Waals surface area contributed by atoms with Gasteiger partial charge in [-0.3, -0.25) is 4.79 Å². The zero-order valence-electron chi connectivity index (χ0n) is 14.2. The minimum Gasteiger partial charge on any atom is -0.441 e. The Labute approximate surface area is 143 Å². The Morgan fingerprint density at radius 1 is 1.25 bits per heavy atom. The summed E-state index contributed by atoms with van der Waals surface area (Å²) in [5.74, 6) is 1.28. The molecule has 1 N–H and O–H groups in total. The van der Waals surface area contributed by atoms with Crippen molar-refractivity contribution in [3.8, 4) is 11.5 Å². The monoisotopic (exact) mass is 324 g/mol. The van der Waals surface area contributed by atoms with Crippen LogP contribution >= 0.6 is 0 Å². The number of carbonyl (C=O) groups is 1. The lowest BCUT2D eigenvalue weighted by atomic mass is 9.97. The predicted octanol–water partition coefficient (Wildman–Crippen LogP) is 4.20. The van der Waals surface area contributed by atoms with Crippen LogP contribution in [0.3, 0.4) is 0 Å². The van der Waals surface area contributed by atoms with Crippen LogP contribution in [0.2, 0.25) is 0 Å². The van der Waals surface area contributed by atoms with Gasteiger partial charge in [0.25, 0.3) is 0 Å². The molecule has 1 heterocycles. The number of benzene rings is 1. The Hall–Kier alpha value is -2.36. The highest BCUT2D eigenvalue weighted by atomic mass is 16.4. The molecule has 1 amide bonds. The van der Waals surface area contributed by atoms with E-state index in [9.17, 15) is 4.79 Å². The molecule has 0 spiro atoms. The molecule has 0 atom stereocenters. The van der Waals surface area contributed by atoms with Gasteiger partial charge in [-0.1, -0.05) is 29.8 Å². The predicted molar refractivity (Wildman–Crippen MR) is 94.6 cm³/mol. The summed E-state index contributed by atoms with van der Waals surface area (Å²) in [5, 5.41) is 2.99. The van der Waals surface area contributed by atoms with Crippen LogP contribution in [0, 0.1) is 6.92 Å². The fraction of sp³-hybridized carbons (Fsp3) is 0.400. The van der Waals surface area contributed by atoms with Crippen LogP contribution in [-0.4, -0.2) is 17.4 Å². The number of amides is 1. The van der Waals surface area contributed by atoms with Crippen molar-refractivity contribution in [2.75, 3.05) is 6.54 Å². The second kappa shape index (κ2) is 7.95. The number of hydrogen-bond donors (Lipinski definition) is 1. The fourth-order valence-electron chi connectivity index (χ4n) is 3.01. The molecule has 4 heteroatoms. The highest BCUT2D eigenvalue weighted by molar-refractivity contribution is 5.78. The van der Waals surface area contributed by atoms with Crippen LogP contribution in [0.5, 0.6) is 0 Å². The molecule has 1 aliphatic carbocycles. The number of allylic oxidation sites excluding steroid dienone is 1. The molecule has 0 aliphatic heterocycles. The SMILES string of the molecule is Cc1oc(-c2ccccc2)nc1CC(=O)NCCC1=CCCCC1. The van der Waals surface area contributed by atoms with E-state index in [1.165, 1.54) is 31.3 Å². The summed E-state index contributed by atoms with van der Waals surface area (Å²) >= 11 is 0. The molecule has 0 fully saturated rings. The first-order valence-electron chi connectivity index (χ1n) is 8.68. The van der Waals surface area contributed by atoms with Gasteiger partial charge in [0, 0.05) is 12.1 Å². The van der Waals surface area contributed by atoms with E-state index in [0.29, 0.717) is 23.9 Å². The van der Waals surface area contributed by atoms with Crippen LogP contribution in [-0.2, 0) is 11.2 Å². The van der Waals surface area contributed by atoms with E-state index >= 15 is 0 Å². The zero-order chi connectivity index (χ0) is 16.8. The largest absolute Gasteiger partial charge is 0.441 e. The van der Waals surface area contributed by atoms with Gasteiger partial charge in [-0.25, -0.2) is 4.98 Å². The molecule has 24 heavy (non-hydrogen) atoms. The topological polar surface area (TPSA) is 55.1 Å². The van der Waals surface area contributed by atoms with Crippen LogP contribution in [0.4, 0.5) is 0 Å². The number of oxazole rings is 1. The van der Waals surface area contributed by atoms with E-state index in [4.69, 9.17) is 4.42 Å². The Morgan fingerprint density at radius 2 is 2.08 bits per heavy atom. The molecule has 0 radical (unpaired) electrons. The first kappa shape index (κ1) is 16.5. The average molecular weight is 324 g/mol. The van der Waals surface area contributed by atoms with Gasteiger partial charge < -0.3 is 9.73 Å². The normalized spacial score (nSPS) is 14.3. The Balaban J connectivity index is 1.53. The summed E-state index contributed by atoms with van der Waals surface area (Å²) in [6.07, 6.45) is 8.48. The fourth-order valence-corrected chi connectivity index (χ4v) is 3.01. The molecule has 0 bridgehead atoms. The summed E-state index contributed by atoms with van der Waals surface area (Å²) in [7, 11) is 0. The maximum Gasteiger partial charge on any atom is 0.226 e. The summed E-state index contributed by atoms with van der Waals surface area (Å²) in [4.78, 5) is 16.6. The second-order valence-electron chi connectivity index (χ2n) is 6.27. The van der Waals surface area contributed by atoms with Crippen molar-refractivity contribution < 1.29 is 9.21 Å². The van der Waals surface area contributed by atoms with Crippen molar-refractivity contribution in [1.29, 1.82) is 0 Å². The van der Waals surface area contributed by atoms with E-state index < -0.39 is 0 Å². The van der Waals surface area contributed by atoms with E-state index in [2.05, 4.69) is 16.4 Å². The minimum atomic E-state index is 0.00224. The molecule has 3 rings (SSSR count). The van der Waals surface area contributed by atoms with Crippen LogP contribution in [0.25, 0.3) is 11.5 Å². The number of nitrogens with zero attached hydrogens (tertiary/aromatic N) is 1. The molecule has 1 aromatic carbocycles. The van der Waals surface area contributed by atoms with Gasteiger partial charge in [0.1, 0.15) is 5.76 Å². The van der Waals surface area contributed by atoms with Crippen molar-refractivity contribution in [2.24, 2.45) is 0 Å². The first-order valence-corrected chi connectivity index (χ1v) is 8.68. The molecule has 4 nitrogen and oxygen atoms in total. The van der Waals surface area contributed by atoms with Crippen LogP contribution < -0.4 is 5.32 Å². The zero-order valence-corrected chi connectivity index (χ0v) is 14.2. The van der Waals surface area contributed by atoms with Gasteiger partial charge in [0.15, 0.2) is 0 Å². The number of aromatic nitrogens is 1. The van der Waals surface area contributed by atoms with Gasteiger partial charge >= 0.3 is 0 Å². The van der Waals surface area contributed by atoms with Crippen molar-refractivity contribution in [1.82, 2.24) is 10.3 Å². The molecule has 126 valence electrons. The highest BCUT2D eigenvalue weighted by Gasteiger charge is 2.14. The lowest BCUT2D eigenvalue weighted by Crippen LogP contribution is -2.26. The number of nitrogens with one attached hydrogen (secondary N) is 1. The Kier molecular flexibility index (Phi) is 5.47. The van der Waals surface area contributed by atoms with E-state index in [-0.39, 0.29) is 12.3 Å². The molecular formula is C20H24N2O2. The summed E-state index contributed by atoms with van der Waals surface area (Å²) < 4.78 is 5.70. The molecule has 0 saturated carbocycles. The highest BCUT2D eigenvalue weighted by Crippen LogP contribution is 2.22. The molecule has 0 unspecified atom stereocenters. The van der Waals surface area contributed by atoms with Crippen LogP contribution in [0.1, 0.15) is 43.6 Å². The quantitative estimate of drug-likeness (QED) is 0.810. The second-order valence-corrected chi connectivity index (χ2v) is 6.27. The van der Waals surface area contributed by atoms with Gasteiger partial charge in [-0.2, -0.15) is 0 Å². The number of rotatable bonds is 6. The van der Waals surface area contributed by atoms with Crippen molar-refractivity contribution in [3.05, 3.63) is 53.4 Å². The Bertz CT molecular complexity index is 716. The molecular weight excluding hydrogens is 300 g/mol. The van der Waals surface area contributed by atoms with Gasteiger partial charge in [-0.15, -0.1) is 0 Å². The van der Waals surface area contributed by atoms with Gasteiger partial charge in [0.05, 0.1) is 12.1 Å². The number of carbonyl (C=O) groups excluding carboxylic acids is 1. The average Bonchev–Trinajstić information content (AvgIpc) is 2.97. The smallest absolute Gasteiger partial charge is 0.226 e. The van der Waals surface area contributed by atoms with E-state index in [1.807, 2.05) is 37.3 Å². The first-order chi connectivity index (χ1) is 11.7. The van der Waals surface area contributed by atoms with Crippen molar-refractivity contribution in [2.45, 2.75) is 45.4 Å². The third kappa shape index (κ3) is 4.34. The van der Waals surface area contributed by atoms with Gasteiger partial charge in [-0.05, 0) is 51.2 Å². The standard InChI is InChI=1S/C20H24N2O2/c1-15-18(22-20(24-15)17-10-6-3-7-11-17)14-19(23)21-13-12-16-8-4-2-5-9-16/h3,6-8,10-11H,2,4-5,9,12-14H2,1H3,(H,21,23). The third-order valence-electron chi connectivity index (χ3n) is 4.39. The molecule has 0 saturated heterocycles. The molecule has 2 aromatic rings. The molecule has 1 aromatic heterocycles. The summed E-state index contributed by atoms with van der Waals surface area (Å²) in [6.45, 7) is 2.56. The van der Waals surface area contributed by atoms with Crippen molar-refractivity contribution >= 4 is 5.91 Å². The maximum atomic E-state index is 12.1. The van der Waals surface area contributed by atoms with E-state index in [1.54, 1.807) is 0 Å². The minimum absolute atomic E-state index is 0.00224. The van der Waals surface area contributed by atoms with E-state index in [0.717, 1.165) is 12.0 Å². The summed E-state index contributed by atoms with van der Waals surface area (Å²) in [5.41, 5.74) is 3.12. The molecule has 1 aliphatic rings. The lowest BCUT2D eigenvalue weighted by Gasteiger charge is -2.12. The van der Waals surface area contributed by atoms with Crippen LogP contribution in [0.15, 0.2) is 46.4 Å². The lowest BCUT2D eigenvalue weighted by molar-refractivity contribution is -0.120. The Morgan fingerprint density at radius 3 is 2.83 bits per heavy atom. The van der Waals surface area contributed by atoms with Crippen molar-refractivity contribution in [3.63, 3.8) is 0 Å². The summed E-state index contributed by atoms with van der Waals surface area (Å²) in [6, 6.07) is 9.75. The number of hydrogen-bond acceptors (Lipinski definition) is 3. The maximum absolute atomic E-state index is 12.1. The van der Waals surface area contributed by atoms with Gasteiger partial charge in [0.2, 0.25) is 11.8 Å². The number of aryl methyl sites for hydroxylation is 1.